The minimum Gasteiger partial charge on any atom is -0.271 e. The van der Waals surface area contributed by atoms with Gasteiger partial charge in [0.15, 0.2) is 0 Å². The zero-order valence-corrected chi connectivity index (χ0v) is 10.9. The van der Waals surface area contributed by atoms with Crippen molar-refractivity contribution in [2.24, 2.45) is 5.84 Å². The van der Waals surface area contributed by atoms with Crippen LogP contribution in [0.4, 0.5) is 4.39 Å². The van der Waals surface area contributed by atoms with E-state index in [1.807, 2.05) is 24.3 Å². The zero-order chi connectivity index (χ0) is 13.5. The number of nitrogens with two attached hydrogens (primary N) is 1. The summed E-state index contributed by atoms with van der Waals surface area (Å²) in [6.45, 7) is 0. The lowest BCUT2D eigenvalue weighted by molar-refractivity contribution is 0.490. The summed E-state index contributed by atoms with van der Waals surface area (Å²) in [6.07, 6.45) is 2.63. The van der Waals surface area contributed by atoms with Crippen molar-refractivity contribution in [2.75, 3.05) is 0 Å². The van der Waals surface area contributed by atoms with Crippen LogP contribution in [-0.4, -0.2) is 6.04 Å². The van der Waals surface area contributed by atoms with E-state index in [-0.39, 0.29) is 11.9 Å². The van der Waals surface area contributed by atoms with Crippen LogP contribution >= 0.6 is 0 Å². The number of nitrogens with one attached hydrogen (secondary N) is 1. The summed E-state index contributed by atoms with van der Waals surface area (Å²) in [6, 6.07) is 17.1. The van der Waals surface area contributed by atoms with Crippen molar-refractivity contribution in [3.8, 4) is 0 Å². The van der Waals surface area contributed by atoms with Gasteiger partial charge in [0.05, 0.1) is 0 Å². The van der Waals surface area contributed by atoms with Gasteiger partial charge in [0.2, 0.25) is 0 Å². The topological polar surface area (TPSA) is 38.0 Å². The fourth-order valence-corrected chi connectivity index (χ4v) is 2.18. The molecule has 0 bridgehead atoms. The Bertz CT molecular complexity index is 499. The lowest BCUT2D eigenvalue weighted by Gasteiger charge is -2.16. The van der Waals surface area contributed by atoms with Crippen molar-refractivity contribution in [2.45, 2.75) is 25.3 Å². The summed E-state index contributed by atoms with van der Waals surface area (Å²) in [4.78, 5) is 0. The van der Waals surface area contributed by atoms with Gasteiger partial charge in [-0.05, 0) is 42.5 Å². The first kappa shape index (κ1) is 13.7. The van der Waals surface area contributed by atoms with Gasteiger partial charge in [0.25, 0.3) is 0 Å². The smallest absolute Gasteiger partial charge is 0.123 e. The Labute approximate surface area is 113 Å². The Morgan fingerprint density at radius 3 is 2.42 bits per heavy atom. The predicted octanol–water partition coefficient (Wildman–Crippen LogP) is 2.83. The SMILES string of the molecule is NNC(CCc1ccccc1)Cc1cccc(F)c1. The van der Waals surface area contributed by atoms with E-state index in [4.69, 9.17) is 5.84 Å². The van der Waals surface area contributed by atoms with Crippen LogP contribution < -0.4 is 11.3 Å². The third kappa shape index (κ3) is 4.47. The van der Waals surface area contributed by atoms with Crippen molar-refractivity contribution in [1.82, 2.24) is 5.43 Å². The van der Waals surface area contributed by atoms with Gasteiger partial charge in [-0.25, -0.2) is 4.39 Å². The highest BCUT2D eigenvalue weighted by atomic mass is 19.1. The van der Waals surface area contributed by atoms with E-state index in [2.05, 4.69) is 17.6 Å². The molecule has 3 N–H and O–H groups in total. The Kier molecular flexibility index (Phi) is 5.07. The van der Waals surface area contributed by atoms with Gasteiger partial charge in [-0.2, -0.15) is 0 Å². The van der Waals surface area contributed by atoms with Crippen molar-refractivity contribution in [3.05, 3.63) is 71.5 Å². The predicted molar refractivity (Wildman–Crippen MR) is 76.0 cm³/mol. The van der Waals surface area contributed by atoms with Crippen LogP contribution in [0.15, 0.2) is 54.6 Å². The fraction of sp³-hybridized carbons (Fsp3) is 0.250. The molecule has 0 aromatic heterocycles. The fourth-order valence-electron chi connectivity index (χ4n) is 2.18. The number of hydrazine groups is 1. The molecule has 0 aliphatic carbocycles. The van der Waals surface area contributed by atoms with Gasteiger partial charge in [0.1, 0.15) is 5.82 Å². The Morgan fingerprint density at radius 1 is 1.00 bits per heavy atom. The second kappa shape index (κ2) is 7.02. The Morgan fingerprint density at radius 2 is 1.74 bits per heavy atom. The molecule has 1 unspecified atom stereocenters. The second-order valence-electron chi connectivity index (χ2n) is 4.72. The molecule has 0 fully saturated rings. The molecule has 0 aliphatic heterocycles. The van der Waals surface area contributed by atoms with Crippen molar-refractivity contribution in [3.63, 3.8) is 0 Å². The van der Waals surface area contributed by atoms with Gasteiger partial charge < -0.3 is 0 Å². The molecule has 100 valence electrons. The number of benzene rings is 2. The van der Waals surface area contributed by atoms with Crippen LogP contribution in [0.3, 0.4) is 0 Å². The van der Waals surface area contributed by atoms with Crippen LogP contribution in [-0.2, 0) is 12.8 Å². The summed E-state index contributed by atoms with van der Waals surface area (Å²) in [5.41, 5.74) is 5.08. The highest BCUT2D eigenvalue weighted by Crippen LogP contribution is 2.11. The maximum atomic E-state index is 13.1. The lowest BCUT2D eigenvalue weighted by atomic mass is 9.99. The van der Waals surface area contributed by atoms with Crippen molar-refractivity contribution >= 4 is 0 Å². The van der Waals surface area contributed by atoms with Crippen LogP contribution in [0.5, 0.6) is 0 Å². The molecule has 19 heavy (non-hydrogen) atoms. The summed E-state index contributed by atoms with van der Waals surface area (Å²) < 4.78 is 13.1. The Hall–Kier alpha value is -1.71. The number of aryl methyl sites for hydroxylation is 1. The third-order valence-electron chi connectivity index (χ3n) is 3.23. The standard InChI is InChI=1S/C16H19FN2/c17-15-8-4-7-14(11-15)12-16(19-18)10-9-13-5-2-1-3-6-13/h1-8,11,16,19H,9-10,12,18H2. The molecule has 0 amide bonds. The first-order valence-electron chi connectivity index (χ1n) is 6.52. The largest absolute Gasteiger partial charge is 0.271 e. The summed E-state index contributed by atoms with van der Waals surface area (Å²) >= 11 is 0. The highest BCUT2D eigenvalue weighted by molar-refractivity contribution is 5.18. The average molecular weight is 258 g/mol. The summed E-state index contributed by atoms with van der Waals surface area (Å²) in [5, 5.41) is 0. The zero-order valence-electron chi connectivity index (χ0n) is 10.9. The quantitative estimate of drug-likeness (QED) is 0.617. The molecule has 0 spiro atoms. The van der Waals surface area contributed by atoms with E-state index >= 15 is 0 Å². The summed E-state index contributed by atoms with van der Waals surface area (Å²) in [5.74, 6) is 5.38. The molecule has 0 saturated heterocycles. The van der Waals surface area contributed by atoms with Crippen molar-refractivity contribution in [1.29, 1.82) is 0 Å². The lowest BCUT2D eigenvalue weighted by Crippen LogP contribution is -2.37. The first-order chi connectivity index (χ1) is 9.28. The maximum absolute atomic E-state index is 13.1. The molecule has 2 rings (SSSR count). The van der Waals surface area contributed by atoms with Gasteiger partial charge in [0, 0.05) is 6.04 Å². The van der Waals surface area contributed by atoms with E-state index in [0.717, 1.165) is 24.8 Å². The molecule has 2 aromatic rings. The molecule has 0 saturated carbocycles. The third-order valence-corrected chi connectivity index (χ3v) is 3.23. The molecule has 2 nitrogen and oxygen atoms in total. The van der Waals surface area contributed by atoms with Crippen LogP contribution in [0, 0.1) is 5.82 Å². The van der Waals surface area contributed by atoms with E-state index in [1.165, 1.54) is 11.6 Å². The van der Waals surface area contributed by atoms with Crippen LogP contribution in [0.1, 0.15) is 17.5 Å². The molecular weight excluding hydrogens is 239 g/mol. The summed E-state index contributed by atoms with van der Waals surface area (Å²) in [7, 11) is 0. The molecular formula is C16H19FN2. The highest BCUT2D eigenvalue weighted by Gasteiger charge is 2.08. The molecule has 3 heteroatoms. The normalized spacial score (nSPS) is 12.3. The number of rotatable bonds is 6. The van der Waals surface area contributed by atoms with Gasteiger partial charge >= 0.3 is 0 Å². The van der Waals surface area contributed by atoms with Crippen LogP contribution in [0.2, 0.25) is 0 Å². The average Bonchev–Trinajstić information content (AvgIpc) is 2.44. The molecule has 0 heterocycles. The number of hydrogen-bond donors (Lipinski definition) is 2. The Balaban J connectivity index is 1.90. The molecule has 1 atom stereocenters. The van der Waals surface area contributed by atoms with E-state index in [9.17, 15) is 4.39 Å². The number of hydrogen-bond acceptors (Lipinski definition) is 2. The van der Waals surface area contributed by atoms with Crippen LogP contribution in [0.25, 0.3) is 0 Å². The van der Waals surface area contributed by atoms with Gasteiger partial charge in [-0.3, -0.25) is 11.3 Å². The van der Waals surface area contributed by atoms with Gasteiger partial charge in [-0.1, -0.05) is 42.5 Å². The van der Waals surface area contributed by atoms with E-state index in [1.54, 1.807) is 12.1 Å². The minimum absolute atomic E-state index is 0.155. The minimum atomic E-state index is -0.198. The molecule has 0 aliphatic rings. The first-order valence-corrected chi connectivity index (χ1v) is 6.52. The molecule has 2 aromatic carbocycles. The van der Waals surface area contributed by atoms with Crippen molar-refractivity contribution < 1.29 is 4.39 Å². The number of halogens is 1. The molecule has 0 radical (unpaired) electrons. The van der Waals surface area contributed by atoms with E-state index in [0.29, 0.717) is 0 Å². The maximum Gasteiger partial charge on any atom is 0.123 e. The van der Waals surface area contributed by atoms with E-state index < -0.39 is 0 Å². The monoisotopic (exact) mass is 258 g/mol. The van der Waals surface area contributed by atoms with Gasteiger partial charge in [-0.15, -0.1) is 0 Å². The second-order valence-corrected chi connectivity index (χ2v) is 4.72.